The summed E-state index contributed by atoms with van der Waals surface area (Å²) in [4.78, 5) is 15.9. The van der Waals surface area contributed by atoms with Gasteiger partial charge in [-0.25, -0.2) is 8.78 Å². The lowest BCUT2D eigenvalue weighted by Gasteiger charge is -2.36. The van der Waals surface area contributed by atoms with Crippen molar-refractivity contribution < 1.29 is 13.6 Å². The van der Waals surface area contributed by atoms with Crippen molar-refractivity contribution in [2.45, 2.75) is 6.92 Å². The third-order valence-corrected chi connectivity index (χ3v) is 4.09. The Balaban J connectivity index is 1.70. The first-order chi connectivity index (χ1) is 11.1. The molecule has 0 spiro atoms. The van der Waals surface area contributed by atoms with E-state index in [1.54, 1.807) is 15.9 Å². The molecule has 1 aliphatic heterocycles. The summed E-state index contributed by atoms with van der Waals surface area (Å²) in [5.41, 5.74) is 1.67. The minimum absolute atomic E-state index is 0.00449. The van der Waals surface area contributed by atoms with Gasteiger partial charge in [-0.05, 0) is 31.2 Å². The maximum Gasteiger partial charge on any atom is 0.253 e. The van der Waals surface area contributed by atoms with E-state index in [9.17, 15) is 13.6 Å². The number of benzene rings is 2. The predicted molar refractivity (Wildman–Crippen MR) is 85.7 cm³/mol. The highest BCUT2D eigenvalue weighted by Gasteiger charge is 2.25. The Bertz CT molecular complexity index is 704. The van der Waals surface area contributed by atoms with Gasteiger partial charge in [-0.1, -0.05) is 23.8 Å². The van der Waals surface area contributed by atoms with E-state index in [0.717, 1.165) is 5.56 Å². The van der Waals surface area contributed by atoms with Crippen LogP contribution >= 0.6 is 0 Å². The van der Waals surface area contributed by atoms with Crippen LogP contribution in [-0.2, 0) is 0 Å². The van der Waals surface area contributed by atoms with Crippen LogP contribution in [0.4, 0.5) is 14.5 Å². The largest absolute Gasteiger partial charge is 0.363 e. The molecule has 5 heteroatoms. The fraction of sp³-hybridized carbons (Fsp3) is 0.278. The van der Waals surface area contributed by atoms with Gasteiger partial charge in [-0.15, -0.1) is 0 Å². The number of nitrogens with zero attached hydrogens (tertiary/aromatic N) is 2. The number of anilines is 1. The monoisotopic (exact) mass is 316 g/mol. The second-order valence-electron chi connectivity index (χ2n) is 5.72. The Hall–Kier alpha value is -2.43. The fourth-order valence-corrected chi connectivity index (χ4v) is 2.88. The van der Waals surface area contributed by atoms with E-state index in [-0.39, 0.29) is 11.6 Å². The summed E-state index contributed by atoms with van der Waals surface area (Å²) in [6, 6.07) is 11.3. The van der Waals surface area contributed by atoms with Gasteiger partial charge in [0.25, 0.3) is 5.91 Å². The number of hydrogen-bond acceptors (Lipinski definition) is 2. The summed E-state index contributed by atoms with van der Waals surface area (Å²) in [6.07, 6.45) is 0. The number of amides is 1. The smallest absolute Gasteiger partial charge is 0.253 e. The van der Waals surface area contributed by atoms with Crippen molar-refractivity contribution in [1.29, 1.82) is 0 Å². The zero-order valence-electron chi connectivity index (χ0n) is 12.9. The van der Waals surface area contributed by atoms with Crippen molar-refractivity contribution in [1.82, 2.24) is 4.90 Å². The van der Waals surface area contributed by atoms with Gasteiger partial charge < -0.3 is 9.80 Å². The maximum atomic E-state index is 13.8. The van der Waals surface area contributed by atoms with Crippen LogP contribution in [0, 0.1) is 18.6 Å². The third kappa shape index (κ3) is 3.18. The molecule has 1 aliphatic rings. The van der Waals surface area contributed by atoms with Crippen LogP contribution in [0.2, 0.25) is 0 Å². The van der Waals surface area contributed by atoms with Crippen LogP contribution in [0.15, 0.2) is 42.5 Å². The number of carbonyl (C=O) groups excluding carboxylic acids is 1. The molecule has 1 amide bonds. The molecule has 0 aromatic heterocycles. The summed E-state index contributed by atoms with van der Waals surface area (Å²) in [5, 5.41) is 0. The summed E-state index contributed by atoms with van der Waals surface area (Å²) < 4.78 is 27.7. The Kier molecular flexibility index (Phi) is 4.28. The van der Waals surface area contributed by atoms with Gasteiger partial charge in [0, 0.05) is 31.7 Å². The Morgan fingerprint density at radius 3 is 2.17 bits per heavy atom. The summed E-state index contributed by atoms with van der Waals surface area (Å²) in [5.74, 6) is -1.17. The Morgan fingerprint density at radius 2 is 1.57 bits per heavy atom. The quantitative estimate of drug-likeness (QED) is 0.849. The molecular weight excluding hydrogens is 298 g/mol. The second-order valence-corrected chi connectivity index (χ2v) is 5.72. The van der Waals surface area contributed by atoms with E-state index in [1.165, 1.54) is 18.2 Å². The Morgan fingerprint density at radius 1 is 0.957 bits per heavy atom. The molecule has 120 valence electrons. The number of carbonyl (C=O) groups is 1. The van der Waals surface area contributed by atoms with Crippen molar-refractivity contribution in [2.24, 2.45) is 0 Å². The highest BCUT2D eigenvalue weighted by atomic mass is 19.1. The molecular formula is C18H18F2N2O. The average molecular weight is 316 g/mol. The molecule has 3 rings (SSSR count). The third-order valence-electron chi connectivity index (χ3n) is 4.09. The molecule has 1 heterocycles. The van der Waals surface area contributed by atoms with Crippen LogP contribution in [0.3, 0.4) is 0 Å². The van der Waals surface area contributed by atoms with Crippen molar-refractivity contribution in [3.05, 3.63) is 65.2 Å². The second kappa shape index (κ2) is 6.36. The number of rotatable bonds is 2. The molecule has 0 saturated carbocycles. The average Bonchev–Trinajstić information content (AvgIpc) is 2.55. The molecule has 0 radical (unpaired) electrons. The van der Waals surface area contributed by atoms with Gasteiger partial charge in [0.05, 0.1) is 0 Å². The van der Waals surface area contributed by atoms with E-state index in [2.05, 4.69) is 0 Å². The lowest BCUT2D eigenvalue weighted by Crippen LogP contribution is -2.49. The molecule has 3 nitrogen and oxygen atoms in total. The van der Waals surface area contributed by atoms with Gasteiger partial charge in [0.15, 0.2) is 0 Å². The topological polar surface area (TPSA) is 23.6 Å². The zero-order valence-corrected chi connectivity index (χ0v) is 12.9. The molecule has 0 N–H and O–H groups in total. The molecule has 2 aromatic rings. The van der Waals surface area contributed by atoms with Gasteiger partial charge in [-0.2, -0.15) is 0 Å². The Labute approximate surface area is 134 Å². The number of piperazine rings is 1. The summed E-state index contributed by atoms with van der Waals surface area (Å²) in [7, 11) is 0. The molecule has 0 aliphatic carbocycles. The van der Waals surface area contributed by atoms with Crippen molar-refractivity contribution in [3.8, 4) is 0 Å². The first-order valence-corrected chi connectivity index (χ1v) is 7.61. The number of hydrogen-bond donors (Lipinski definition) is 0. The number of para-hydroxylation sites is 1. The van der Waals surface area contributed by atoms with E-state index in [1.807, 2.05) is 25.1 Å². The molecule has 23 heavy (non-hydrogen) atoms. The van der Waals surface area contributed by atoms with Crippen LogP contribution in [0.25, 0.3) is 0 Å². The van der Waals surface area contributed by atoms with Gasteiger partial charge in [-0.3, -0.25) is 4.79 Å². The van der Waals surface area contributed by atoms with Crippen molar-refractivity contribution in [2.75, 3.05) is 31.1 Å². The van der Waals surface area contributed by atoms with Crippen LogP contribution in [0.5, 0.6) is 0 Å². The molecule has 1 fully saturated rings. The number of halogens is 2. The first kappa shape index (κ1) is 15.5. The standard InChI is InChI=1S/C18H18F2N2O/c1-13-4-2-5-14(12-13)18(23)22-10-8-21(9-11-22)17-15(19)6-3-7-16(17)20/h2-7,12H,8-11H2,1H3. The normalized spacial score (nSPS) is 14.9. The van der Waals surface area contributed by atoms with E-state index < -0.39 is 11.6 Å². The highest BCUT2D eigenvalue weighted by Crippen LogP contribution is 2.24. The van der Waals surface area contributed by atoms with E-state index in [0.29, 0.717) is 31.7 Å². The lowest BCUT2D eigenvalue weighted by molar-refractivity contribution is 0.0746. The minimum atomic E-state index is -0.566. The molecule has 0 bridgehead atoms. The van der Waals surface area contributed by atoms with E-state index >= 15 is 0 Å². The van der Waals surface area contributed by atoms with E-state index in [4.69, 9.17) is 0 Å². The summed E-state index contributed by atoms with van der Waals surface area (Å²) >= 11 is 0. The van der Waals surface area contributed by atoms with Gasteiger partial charge >= 0.3 is 0 Å². The molecule has 1 saturated heterocycles. The van der Waals surface area contributed by atoms with Crippen LogP contribution in [-0.4, -0.2) is 37.0 Å². The lowest BCUT2D eigenvalue weighted by atomic mass is 10.1. The molecule has 2 aromatic carbocycles. The fourth-order valence-electron chi connectivity index (χ4n) is 2.88. The molecule has 0 unspecified atom stereocenters. The van der Waals surface area contributed by atoms with Crippen molar-refractivity contribution >= 4 is 11.6 Å². The zero-order chi connectivity index (χ0) is 16.4. The minimum Gasteiger partial charge on any atom is -0.363 e. The number of aryl methyl sites for hydroxylation is 1. The predicted octanol–water partition coefficient (Wildman–Crippen LogP) is 3.24. The maximum absolute atomic E-state index is 13.8. The SMILES string of the molecule is Cc1cccc(C(=O)N2CCN(c3c(F)cccc3F)CC2)c1. The van der Waals surface area contributed by atoms with Crippen LogP contribution < -0.4 is 4.90 Å². The highest BCUT2D eigenvalue weighted by molar-refractivity contribution is 5.94. The van der Waals surface area contributed by atoms with Crippen molar-refractivity contribution in [3.63, 3.8) is 0 Å². The van der Waals surface area contributed by atoms with Crippen LogP contribution in [0.1, 0.15) is 15.9 Å². The van der Waals surface area contributed by atoms with Gasteiger partial charge in [0.2, 0.25) is 0 Å². The first-order valence-electron chi connectivity index (χ1n) is 7.61. The summed E-state index contributed by atoms with van der Waals surface area (Å²) in [6.45, 7) is 3.65. The van der Waals surface area contributed by atoms with Gasteiger partial charge in [0.1, 0.15) is 17.3 Å². The molecule has 0 atom stereocenters.